The molecule has 0 unspecified atom stereocenters. The van der Waals surface area contributed by atoms with Gasteiger partial charge >= 0.3 is 0 Å². The molecule has 0 amide bonds. The van der Waals surface area contributed by atoms with E-state index in [0.29, 0.717) is 0 Å². The van der Waals surface area contributed by atoms with Crippen molar-refractivity contribution in [1.29, 1.82) is 0 Å². The summed E-state index contributed by atoms with van der Waals surface area (Å²) in [6, 6.07) is 26.3. The molecular formula is C25H22ClNO4S3. The van der Waals surface area contributed by atoms with Crippen molar-refractivity contribution in [2.45, 2.75) is 22.9 Å². The summed E-state index contributed by atoms with van der Waals surface area (Å²) < 4.78 is 52.4. The predicted molar refractivity (Wildman–Crippen MR) is 137 cm³/mol. The van der Waals surface area contributed by atoms with Gasteiger partial charge in [0.1, 0.15) is 4.90 Å². The van der Waals surface area contributed by atoms with Crippen molar-refractivity contribution < 1.29 is 16.8 Å². The molecule has 9 heteroatoms. The van der Waals surface area contributed by atoms with Crippen LogP contribution in [0.2, 0.25) is 5.02 Å². The van der Waals surface area contributed by atoms with E-state index in [1.54, 1.807) is 36.4 Å². The maximum atomic E-state index is 13.6. The van der Waals surface area contributed by atoms with Crippen LogP contribution in [0.25, 0.3) is 10.4 Å². The van der Waals surface area contributed by atoms with Gasteiger partial charge in [-0.15, -0.1) is 11.3 Å². The van der Waals surface area contributed by atoms with Gasteiger partial charge in [0, 0.05) is 29.1 Å². The molecule has 0 saturated carbocycles. The second kappa shape index (κ2) is 10.0. The summed E-state index contributed by atoms with van der Waals surface area (Å²) in [5, 5.41) is 0.171. The average molecular weight is 532 g/mol. The number of sulfonamides is 1. The molecule has 1 aromatic heterocycles. The summed E-state index contributed by atoms with van der Waals surface area (Å²) in [6.45, 7) is 0.337. The lowest BCUT2D eigenvalue weighted by atomic mass is 10.2. The molecule has 0 aliphatic rings. The zero-order valence-electron chi connectivity index (χ0n) is 18.3. The first-order valence-corrected chi connectivity index (χ1v) is 14.8. The zero-order chi connectivity index (χ0) is 24.3. The van der Waals surface area contributed by atoms with Crippen molar-refractivity contribution in [3.05, 3.63) is 106 Å². The topological polar surface area (TPSA) is 71.5 Å². The van der Waals surface area contributed by atoms with Crippen molar-refractivity contribution >= 4 is 42.8 Å². The summed E-state index contributed by atoms with van der Waals surface area (Å²) in [5.74, 6) is 0. The van der Waals surface area contributed by atoms with E-state index in [1.807, 2.05) is 48.5 Å². The average Bonchev–Trinajstić information content (AvgIpc) is 3.28. The highest BCUT2D eigenvalue weighted by Crippen LogP contribution is 2.33. The first-order valence-electron chi connectivity index (χ1n) is 10.3. The van der Waals surface area contributed by atoms with Crippen LogP contribution in [0.5, 0.6) is 0 Å². The van der Waals surface area contributed by atoms with Gasteiger partial charge in [0.15, 0.2) is 9.84 Å². The van der Waals surface area contributed by atoms with Crippen molar-refractivity contribution in [2.24, 2.45) is 0 Å². The van der Waals surface area contributed by atoms with Crippen molar-refractivity contribution in [2.75, 3.05) is 6.26 Å². The summed E-state index contributed by atoms with van der Waals surface area (Å²) in [4.78, 5) is 1.99. The summed E-state index contributed by atoms with van der Waals surface area (Å²) in [5.41, 5.74) is 1.62. The Hall–Kier alpha value is -2.49. The van der Waals surface area contributed by atoms with Gasteiger partial charge in [-0.3, -0.25) is 0 Å². The Balaban J connectivity index is 1.68. The van der Waals surface area contributed by atoms with Crippen LogP contribution in [0.1, 0.15) is 10.4 Å². The molecule has 0 atom stereocenters. The highest BCUT2D eigenvalue weighted by atomic mass is 35.5. The lowest BCUT2D eigenvalue weighted by molar-refractivity contribution is 0.404. The molecule has 3 aromatic carbocycles. The third-order valence-electron chi connectivity index (χ3n) is 5.20. The molecule has 0 spiro atoms. The second-order valence-electron chi connectivity index (χ2n) is 7.76. The molecular weight excluding hydrogens is 510 g/mol. The predicted octanol–water partition coefficient (Wildman–Crippen LogP) is 5.86. The normalized spacial score (nSPS) is 12.2. The quantitative estimate of drug-likeness (QED) is 0.285. The number of thiophene rings is 1. The van der Waals surface area contributed by atoms with Crippen LogP contribution >= 0.6 is 22.9 Å². The van der Waals surface area contributed by atoms with E-state index in [2.05, 4.69) is 0 Å². The van der Waals surface area contributed by atoms with E-state index in [4.69, 9.17) is 11.6 Å². The van der Waals surface area contributed by atoms with Gasteiger partial charge in [0.25, 0.3) is 0 Å². The standard InChI is InChI=1S/C25H22ClNO4S3/c1-33(28,29)22-11-7-10-20(16-22)24-15-14-21(32-24)18-27(17-19-8-3-2-4-9-19)34(30,31)25-13-6-5-12-23(25)26/h2-16H,17-18H2,1H3. The molecule has 1 heterocycles. The van der Waals surface area contributed by atoms with E-state index in [1.165, 1.54) is 28.0 Å². The molecule has 0 aliphatic carbocycles. The molecule has 5 nitrogen and oxygen atoms in total. The first-order chi connectivity index (χ1) is 16.1. The fraction of sp³-hybridized carbons (Fsp3) is 0.120. The van der Waals surface area contributed by atoms with Gasteiger partial charge in [-0.1, -0.05) is 66.2 Å². The van der Waals surface area contributed by atoms with E-state index < -0.39 is 19.9 Å². The molecule has 176 valence electrons. The van der Waals surface area contributed by atoms with Crippen molar-refractivity contribution in [3.8, 4) is 10.4 Å². The van der Waals surface area contributed by atoms with Crippen LogP contribution in [0.4, 0.5) is 0 Å². The van der Waals surface area contributed by atoms with E-state index in [9.17, 15) is 16.8 Å². The fourth-order valence-corrected chi connectivity index (χ4v) is 7.15. The van der Waals surface area contributed by atoms with Crippen LogP contribution in [-0.4, -0.2) is 27.4 Å². The molecule has 4 aromatic rings. The Morgan fingerprint density at radius 1 is 0.794 bits per heavy atom. The Kier molecular flexibility index (Phi) is 7.25. The van der Waals surface area contributed by atoms with Gasteiger partial charge < -0.3 is 0 Å². The van der Waals surface area contributed by atoms with Crippen LogP contribution in [0.3, 0.4) is 0 Å². The number of hydrogen-bond acceptors (Lipinski definition) is 5. The van der Waals surface area contributed by atoms with Crippen LogP contribution in [0, 0.1) is 0 Å². The van der Waals surface area contributed by atoms with Crippen LogP contribution in [0.15, 0.2) is 101 Å². The molecule has 0 bridgehead atoms. The van der Waals surface area contributed by atoms with E-state index in [-0.39, 0.29) is 27.9 Å². The number of rotatable bonds is 8. The monoisotopic (exact) mass is 531 g/mol. The Bertz CT molecular complexity index is 1510. The Morgan fingerprint density at radius 2 is 1.50 bits per heavy atom. The number of hydrogen-bond donors (Lipinski definition) is 0. The van der Waals surface area contributed by atoms with E-state index in [0.717, 1.165) is 20.9 Å². The zero-order valence-corrected chi connectivity index (χ0v) is 21.5. The lowest BCUT2D eigenvalue weighted by Crippen LogP contribution is -2.30. The van der Waals surface area contributed by atoms with Crippen LogP contribution in [-0.2, 0) is 33.0 Å². The highest BCUT2D eigenvalue weighted by Gasteiger charge is 2.27. The van der Waals surface area contributed by atoms with Gasteiger partial charge in [0.05, 0.1) is 9.92 Å². The summed E-state index contributed by atoms with van der Waals surface area (Å²) >= 11 is 7.67. The molecule has 34 heavy (non-hydrogen) atoms. The summed E-state index contributed by atoms with van der Waals surface area (Å²) in [6.07, 6.45) is 1.17. The highest BCUT2D eigenvalue weighted by molar-refractivity contribution is 7.90. The second-order valence-corrected chi connectivity index (χ2v) is 13.3. The molecule has 0 saturated heterocycles. The number of halogens is 1. The maximum absolute atomic E-state index is 13.6. The van der Waals surface area contributed by atoms with Crippen molar-refractivity contribution in [1.82, 2.24) is 4.31 Å². The van der Waals surface area contributed by atoms with Gasteiger partial charge in [-0.2, -0.15) is 4.31 Å². The smallest absolute Gasteiger partial charge is 0.224 e. The fourth-order valence-electron chi connectivity index (χ4n) is 3.48. The minimum Gasteiger partial charge on any atom is -0.224 e. The number of sulfone groups is 1. The van der Waals surface area contributed by atoms with Crippen molar-refractivity contribution in [3.63, 3.8) is 0 Å². The summed E-state index contributed by atoms with van der Waals surface area (Å²) in [7, 11) is -7.21. The third kappa shape index (κ3) is 5.59. The number of nitrogens with zero attached hydrogens (tertiary/aromatic N) is 1. The van der Waals surface area contributed by atoms with Gasteiger partial charge in [0.2, 0.25) is 10.0 Å². The molecule has 0 N–H and O–H groups in total. The first kappa shape index (κ1) is 24.6. The molecule has 4 rings (SSSR count). The van der Waals surface area contributed by atoms with Gasteiger partial charge in [-0.05, 0) is 47.5 Å². The minimum atomic E-state index is -3.88. The Labute approximate surface area is 209 Å². The van der Waals surface area contributed by atoms with E-state index >= 15 is 0 Å². The maximum Gasteiger partial charge on any atom is 0.245 e. The molecule has 0 aliphatic heterocycles. The van der Waals surface area contributed by atoms with Gasteiger partial charge in [-0.25, -0.2) is 16.8 Å². The molecule has 0 radical (unpaired) electrons. The molecule has 0 fully saturated rings. The largest absolute Gasteiger partial charge is 0.245 e. The minimum absolute atomic E-state index is 0.0604. The van der Waals surface area contributed by atoms with Crippen LogP contribution < -0.4 is 0 Å². The SMILES string of the molecule is CS(=O)(=O)c1cccc(-c2ccc(CN(Cc3ccccc3)S(=O)(=O)c3ccccc3Cl)s2)c1. The third-order valence-corrected chi connectivity index (χ3v) is 9.72. The Morgan fingerprint density at radius 3 is 2.21 bits per heavy atom. The number of benzene rings is 3. The lowest BCUT2D eigenvalue weighted by Gasteiger charge is -2.22.